The van der Waals surface area contributed by atoms with Crippen LogP contribution in [0.25, 0.3) is 22.6 Å². The van der Waals surface area contributed by atoms with Gasteiger partial charge in [0.15, 0.2) is 5.82 Å². The van der Waals surface area contributed by atoms with E-state index in [1.54, 1.807) is 19.5 Å². The van der Waals surface area contributed by atoms with E-state index in [1.807, 2.05) is 61.1 Å². The first-order chi connectivity index (χ1) is 13.6. The maximum Gasteiger partial charge on any atom is 0.162 e. The number of hydrogen-bond acceptors (Lipinski definition) is 5. The van der Waals surface area contributed by atoms with Crippen LogP contribution in [0, 0.1) is 13.8 Å². The van der Waals surface area contributed by atoms with E-state index in [1.165, 1.54) is 0 Å². The van der Waals surface area contributed by atoms with Crippen LogP contribution in [0.1, 0.15) is 17.0 Å². The molecule has 3 heterocycles. The average Bonchev–Trinajstić information content (AvgIpc) is 3.17. The van der Waals surface area contributed by atoms with E-state index in [0.717, 1.165) is 39.5 Å². The molecule has 0 saturated heterocycles. The molecule has 0 aliphatic rings. The average molecular weight is 371 g/mol. The van der Waals surface area contributed by atoms with E-state index in [0.29, 0.717) is 12.4 Å². The lowest BCUT2D eigenvalue weighted by Crippen LogP contribution is -1.99. The Morgan fingerprint density at radius 1 is 0.964 bits per heavy atom. The second-order valence-corrected chi connectivity index (χ2v) is 6.63. The number of rotatable bonds is 5. The number of ether oxygens (including phenoxy) is 1. The van der Waals surface area contributed by atoms with Gasteiger partial charge in [0.25, 0.3) is 0 Å². The van der Waals surface area contributed by atoms with Crippen molar-refractivity contribution >= 4 is 0 Å². The van der Waals surface area contributed by atoms with Gasteiger partial charge in [-0.25, -0.2) is 9.97 Å². The number of aryl methyl sites for hydroxylation is 2. The molecule has 6 nitrogen and oxygen atoms in total. The van der Waals surface area contributed by atoms with Gasteiger partial charge in [-0.3, -0.25) is 9.67 Å². The molecule has 4 aromatic rings. The highest BCUT2D eigenvalue weighted by Gasteiger charge is 2.10. The SMILES string of the molecule is COc1ccc(Cn2cc(-c3nccc(-c4ccc(C)nc4C)n3)cn2)cc1. The first-order valence-electron chi connectivity index (χ1n) is 9.06. The summed E-state index contributed by atoms with van der Waals surface area (Å²) in [5.74, 6) is 1.49. The molecule has 0 unspecified atom stereocenters. The highest BCUT2D eigenvalue weighted by atomic mass is 16.5. The van der Waals surface area contributed by atoms with E-state index in [-0.39, 0.29) is 0 Å². The van der Waals surface area contributed by atoms with Gasteiger partial charge in [-0.15, -0.1) is 0 Å². The van der Waals surface area contributed by atoms with Gasteiger partial charge in [0.2, 0.25) is 0 Å². The summed E-state index contributed by atoms with van der Waals surface area (Å²) in [6.07, 6.45) is 5.53. The largest absolute Gasteiger partial charge is 0.497 e. The molecule has 0 saturated carbocycles. The van der Waals surface area contributed by atoms with Crippen molar-refractivity contribution in [3.05, 3.63) is 78.0 Å². The normalized spacial score (nSPS) is 10.8. The molecule has 1 aromatic carbocycles. The zero-order chi connectivity index (χ0) is 19.5. The zero-order valence-electron chi connectivity index (χ0n) is 16.1. The zero-order valence-corrected chi connectivity index (χ0v) is 16.1. The third-order valence-corrected chi connectivity index (χ3v) is 4.55. The molecule has 0 bridgehead atoms. The molecule has 6 heteroatoms. The third-order valence-electron chi connectivity index (χ3n) is 4.55. The summed E-state index contributed by atoms with van der Waals surface area (Å²) in [4.78, 5) is 13.7. The molecule has 0 atom stereocenters. The van der Waals surface area contributed by atoms with Crippen LogP contribution in [0.5, 0.6) is 5.75 Å². The number of pyridine rings is 1. The molecule has 0 spiro atoms. The van der Waals surface area contributed by atoms with Crippen molar-refractivity contribution in [2.45, 2.75) is 20.4 Å². The summed E-state index contributed by atoms with van der Waals surface area (Å²) in [6.45, 7) is 4.65. The molecule has 0 aliphatic carbocycles. The van der Waals surface area contributed by atoms with Crippen LogP contribution in [0.3, 0.4) is 0 Å². The molecular formula is C22H21N5O. The maximum atomic E-state index is 5.20. The van der Waals surface area contributed by atoms with E-state index >= 15 is 0 Å². The minimum Gasteiger partial charge on any atom is -0.497 e. The Kier molecular flexibility index (Phi) is 4.85. The number of methoxy groups -OCH3 is 1. The Hall–Kier alpha value is -3.54. The fraction of sp³-hybridized carbons (Fsp3) is 0.182. The summed E-state index contributed by atoms with van der Waals surface area (Å²) in [5.41, 5.74) is 5.85. The Bertz CT molecular complexity index is 1100. The predicted molar refractivity (Wildman–Crippen MR) is 108 cm³/mol. The van der Waals surface area contributed by atoms with Crippen molar-refractivity contribution in [2.75, 3.05) is 7.11 Å². The number of aromatic nitrogens is 5. The van der Waals surface area contributed by atoms with Crippen molar-refractivity contribution < 1.29 is 4.74 Å². The summed E-state index contributed by atoms with van der Waals surface area (Å²) < 4.78 is 7.08. The molecule has 140 valence electrons. The number of nitrogens with zero attached hydrogens (tertiary/aromatic N) is 5. The fourth-order valence-electron chi connectivity index (χ4n) is 3.09. The molecule has 3 aromatic heterocycles. The summed E-state index contributed by atoms with van der Waals surface area (Å²) >= 11 is 0. The maximum absolute atomic E-state index is 5.20. The van der Waals surface area contributed by atoms with Crippen LogP contribution in [0.15, 0.2) is 61.1 Å². The summed E-state index contributed by atoms with van der Waals surface area (Å²) in [7, 11) is 1.66. The van der Waals surface area contributed by atoms with Gasteiger partial charge in [0, 0.05) is 29.3 Å². The van der Waals surface area contributed by atoms with Crippen LogP contribution < -0.4 is 4.74 Å². The first kappa shape index (κ1) is 17.9. The molecular weight excluding hydrogens is 350 g/mol. The van der Waals surface area contributed by atoms with E-state index < -0.39 is 0 Å². The van der Waals surface area contributed by atoms with Crippen molar-refractivity contribution in [3.63, 3.8) is 0 Å². The molecule has 0 radical (unpaired) electrons. The molecule has 0 fully saturated rings. The van der Waals surface area contributed by atoms with E-state index in [4.69, 9.17) is 9.72 Å². The molecule has 0 amide bonds. The van der Waals surface area contributed by atoms with Crippen molar-refractivity contribution in [1.82, 2.24) is 24.7 Å². The molecule has 4 rings (SSSR count). The summed E-state index contributed by atoms with van der Waals surface area (Å²) in [6, 6.07) is 13.9. The van der Waals surface area contributed by atoms with Gasteiger partial charge >= 0.3 is 0 Å². The summed E-state index contributed by atoms with van der Waals surface area (Å²) in [5, 5.41) is 4.46. The third kappa shape index (κ3) is 3.76. The lowest BCUT2D eigenvalue weighted by molar-refractivity contribution is 0.414. The highest BCUT2D eigenvalue weighted by Crippen LogP contribution is 2.23. The highest BCUT2D eigenvalue weighted by molar-refractivity contribution is 5.64. The van der Waals surface area contributed by atoms with Crippen LogP contribution in [-0.4, -0.2) is 31.8 Å². The van der Waals surface area contributed by atoms with Gasteiger partial charge in [-0.1, -0.05) is 12.1 Å². The standard InChI is InChI=1S/C22H21N5O/c1-15-4-9-20(16(2)25-15)21-10-11-23-22(26-21)18-12-24-27(14-18)13-17-5-7-19(28-3)8-6-17/h4-12,14H,13H2,1-3H3. The Labute approximate surface area is 163 Å². The smallest absolute Gasteiger partial charge is 0.162 e. The minimum absolute atomic E-state index is 0.651. The Morgan fingerprint density at radius 3 is 2.54 bits per heavy atom. The van der Waals surface area contributed by atoms with Crippen LogP contribution in [-0.2, 0) is 6.54 Å². The van der Waals surface area contributed by atoms with Gasteiger partial charge in [-0.2, -0.15) is 5.10 Å². The lowest BCUT2D eigenvalue weighted by Gasteiger charge is -2.06. The van der Waals surface area contributed by atoms with Gasteiger partial charge < -0.3 is 4.74 Å². The van der Waals surface area contributed by atoms with Gasteiger partial charge in [-0.05, 0) is 49.7 Å². The molecule has 0 N–H and O–H groups in total. The Morgan fingerprint density at radius 2 is 1.79 bits per heavy atom. The quantitative estimate of drug-likeness (QED) is 0.529. The second-order valence-electron chi connectivity index (χ2n) is 6.63. The fourth-order valence-corrected chi connectivity index (χ4v) is 3.09. The lowest BCUT2D eigenvalue weighted by atomic mass is 10.1. The van der Waals surface area contributed by atoms with Crippen molar-refractivity contribution in [3.8, 4) is 28.4 Å². The number of benzene rings is 1. The molecule has 28 heavy (non-hydrogen) atoms. The van der Waals surface area contributed by atoms with Crippen molar-refractivity contribution in [2.24, 2.45) is 0 Å². The minimum atomic E-state index is 0.651. The van der Waals surface area contributed by atoms with Gasteiger partial charge in [0.05, 0.1) is 31.1 Å². The van der Waals surface area contributed by atoms with Gasteiger partial charge in [0.1, 0.15) is 5.75 Å². The Balaban J connectivity index is 1.58. The van der Waals surface area contributed by atoms with Crippen LogP contribution in [0.2, 0.25) is 0 Å². The van der Waals surface area contributed by atoms with E-state index in [9.17, 15) is 0 Å². The van der Waals surface area contributed by atoms with Crippen LogP contribution in [0.4, 0.5) is 0 Å². The first-order valence-corrected chi connectivity index (χ1v) is 9.06. The van der Waals surface area contributed by atoms with Crippen molar-refractivity contribution in [1.29, 1.82) is 0 Å². The monoisotopic (exact) mass is 371 g/mol. The van der Waals surface area contributed by atoms with Crippen LogP contribution >= 0.6 is 0 Å². The predicted octanol–water partition coefficient (Wildman–Crippen LogP) is 4.08. The van der Waals surface area contributed by atoms with E-state index in [2.05, 4.69) is 21.1 Å². The number of hydrogen-bond donors (Lipinski definition) is 0. The molecule has 0 aliphatic heterocycles. The topological polar surface area (TPSA) is 65.7 Å². The second kappa shape index (κ2) is 7.60.